The van der Waals surface area contributed by atoms with E-state index in [-0.39, 0.29) is 5.69 Å². The van der Waals surface area contributed by atoms with Gasteiger partial charge in [-0.25, -0.2) is 4.79 Å². The third kappa shape index (κ3) is 3.30. The molecule has 1 atom stereocenters. The van der Waals surface area contributed by atoms with E-state index in [1.807, 2.05) is 0 Å². The number of rotatable bonds is 5. The van der Waals surface area contributed by atoms with Crippen molar-refractivity contribution in [3.8, 4) is 0 Å². The fourth-order valence-electron chi connectivity index (χ4n) is 2.26. The van der Waals surface area contributed by atoms with E-state index in [9.17, 15) is 4.79 Å². The monoisotopic (exact) mass is 253 g/mol. The summed E-state index contributed by atoms with van der Waals surface area (Å²) in [5.41, 5.74) is -0.0402. The van der Waals surface area contributed by atoms with Crippen LogP contribution in [0.5, 0.6) is 0 Å². The van der Waals surface area contributed by atoms with Gasteiger partial charge in [-0.15, -0.1) is 0 Å². The summed E-state index contributed by atoms with van der Waals surface area (Å²) in [6, 6.07) is 2.01. The van der Waals surface area contributed by atoms with Crippen LogP contribution in [0.4, 0.5) is 0 Å². The van der Waals surface area contributed by atoms with E-state index in [4.69, 9.17) is 9.63 Å². The van der Waals surface area contributed by atoms with Gasteiger partial charge in [0.15, 0.2) is 11.5 Å². The van der Waals surface area contributed by atoms with E-state index in [0.29, 0.717) is 18.3 Å². The first-order valence-corrected chi connectivity index (χ1v) is 6.26. The van der Waals surface area contributed by atoms with Crippen LogP contribution in [0.25, 0.3) is 0 Å². The summed E-state index contributed by atoms with van der Waals surface area (Å²) in [4.78, 5) is 13.0. The maximum absolute atomic E-state index is 10.6. The predicted octanol–water partition coefficient (Wildman–Crippen LogP) is 0.947. The molecule has 2 heterocycles. The Labute approximate surface area is 106 Å². The van der Waals surface area contributed by atoms with Crippen molar-refractivity contribution in [2.24, 2.45) is 0 Å². The SMILES string of the molecule is CN1CCCCC1CNCc1cc(C(=O)O)no1. The van der Waals surface area contributed by atoms with Gasteiger partial charge in [-0.2, -0.15) is 0 Å². The minimum Gasteiger partial charge on any atom is -0.476 e. The summed E-state index contributed by atoms with van der Waals surface area (Å²) in [6.07, 6.45) is 3.76. The standard InChI is InChI=1S/C12H19N3O3/c1-15-5-3-2-4-9(15)7-13-8-10-6-11(12(16)17)14-18-10/h6,9,13H,2-5,7-8H2,1H3,(H,16,17). The number of carboxylic acids is 1. The Balaban J connectivity index is 1.75. The minimum atomic E-state index is -1.06. The number of piperidine rings is 1. The van der Waals surface area contributed by atoms with Gasteiger partial charge in [-0.1, -0.05) is 11.6 Å². The first-order valence-electron chi connectivity index (χ1n) is 6.26. The average Bonchev–Trinajstić information content (AvgIpc) is 2.80. The molecular weight excluding hydrogens is 234 g/mol. The van der Waals surface area contributed by atoms with Crippen LogP contribution in [0.2, 0.25) is 0 Å². The van der Waals surface area contributed by atoms with Gasteiger partial charge in [0.05, 0.1) is 6.54 Å². The topological polar surface area (TPSA) is 78.6 Å². The van der Waals surface area contributed by atoms with Crippen LogP contribution in [0.15, 0.2) is 10.6 Å². The molecule has 0 saturated carbocycles. The van der Waals surface area contributed by atoms with Gasteiger partial charge >= 0.3 is 5.97 Å². The largest absolute Gasteiger partial charge is 0.476 e. The van der Waals surface area contributed by atoms with Gasteiger partial charge < -0.3 is 19.8 Å². The quantitative estimate of drug-likeness (QED) is 0.813. The number of likely N-dealkylation sites (tertiary alicyclic amines) is 1. The molecule has 1 aliphatic heterocycles. The number of carboxylic acid groups (broad SMARTS) is 1. The Morgan fingerprint density at radius 1 is 1.67 bits per heavy atom. The molecule has 1 aromatic rings. The van der Waals surface area contributed by atoms with E-state index in [0.717, 1.165) is 13.1 Å². The Kier molecular flexibility index (Phi) is 4.33. The third-order valence-electron chi connectivity index (χ3n) is 3.38. The maximum Gasteiger partial charge on any atom is 0.358 e. The van der Waals surface area contributed by atoms with E-state index in [2.05, 4.69) is 22.4 Å². The fourth-order valence-corrected chi connectivity index (χ4v) is 2.26. The van der Waals surface area contributed by atoms with Gasteiger partial charge in [0.1, 0.15) is 0 Å². The van der Waals surface area contributed by atoms with E-state index < -0.39 is 5.97 Å². The molecule has 0 aliphatic carbocycles. The van der Waals surface area contributed by atoms with E-state index in [1.54, 1.807) is 0 Å². The van der Waals surface area contributed by atoms with Crippen molar-refractivity contribution >= 4 is 5.97 Å². The first kappa shape index (κ1) is 13.0. The van der Waals surface area contributed by atoms with Gasteiger partial charge in [-0.05, 0) is 26.4 Å². The zero-order valence-corrected chi connectivity index (χ0v) is 10.6. The van der Waals surface area contributed by atoms with Crippen molar-refractivity contribution in [2.75, 3.05) is 20.1 Å². The van der Waals surface area contributed by atoms with Gasteiger partial charge in [-0.3, -0.25) is 0 Å². The smallest absolute Gasteiger partial charge is 0.358 e. The van der Waals surface area contributed by atoms with Crippen LogP contribution in [-0.2, 0) is 6.54 Å². The molecular formula is C12H19N3O3. The molecule has 18 heavy (non-hydrogen) atoms. The molecule has 6 heteroatoms. The second kappa shape index (κ2) is 5.97. The highest BCUT2D eigenvalue weighted by atomic mass is 16.5. The van der Waals surface area contributed by atoms with Crippen LogP contribution in [0.3, 0.4) is 0 Å². The Hall–Kier alpha value is -1.40. The number of hydrogen-bond donors (Lipinski definition) is 2. The van der Waals surface area contributed by atoms with Crippen LogP contribution in [0, 0.1) is 0 Å². The summed E-state index contributed by atoms with van der Waals surface area (Å²) < 4.78 is 4.94. The van der Waals surface area contributed by atoms with Crippen molar-refractivity contribution in [1.82, 2.24) is 15.4 Å². The number of aromatic nitrogens is 1. The Bertz CT molecular complexity index is 405. The van der Waals surface area contributed by atoms with Gasteiger partial charge in [0, 0.05) is 18.7 Å². The average molecular weight is 253 g/mol. The summed E-state index contributed by atoms with van der Waals surface area (Å²) in [5, 5.41) is 15.5. The number of hydrogen-bond acceptors (Lipinski definition) is 5. The second-order valence-corrected chi connectivity index (χ2v) is 4.74. The van der Waals surface area contributed by atoms with Gasteiger partial charge in [0.2, 0.25) is 0 Å². The highest BCUT2D eigenvalue weighted by molar-refractivity contribution is 5.85. The summed E-state index contributed by atoms with van der Waals surface area (Å²) in [6.45, 7) is 2.56. The number of nitrogens with one attached hydrogen (secondary N) is 1. The zero-order valence-electron chi connectivity index (χ0n) is 10.6. The molecule has 0 spiro atoms. The first-order chi connectivity index (χ1) is 8.66. The number of aromatic carboxylic acids is 1. The lowest BCUT2D eigenvalue weighted by molar-refractivity contribution is 0.0685. The molecule has 1 aliphatic rings. The number of nitrogens with zero attached hydrogens (tertiary/aromatic N) is 2. The molecule has 1 saturated heterocycles. The zero-order chi connectivity index (χ0) is 13.0. The normalized spacial score (nSPS) is 21.1. The van der Waals surface area contributed by atoms with Crippen molar-refractivity contribution in [2.45, 2.75) is 31.8 Å². The molecule has 0 aromatic carbocycles. The Morgan fingerprint density at radius 3 is 3.17 bits per heavy atom. The van der Waals surface area contributed by atoms with Crippen LogP contribution in [0.1, 0.15) is 35.5 Å². The molecule has 0 bridgehead atoms. The molecule has 1 aromatic heterocycles. The number of likely N-dealkylation sites (N-methyl/N-ethyl adjacent to an activating group) is 1. The van der Waals surface area contributed by atoms with E-state index >= 15 is 0 Å². The molecule has 0 amide bonds. The predicted molar refractivity (Wildman–Crippen MR) is 65.4 cm³/mol. The Morgan fingerprint density at radius 2 is 2.50 bits per heavy atom. The third-order valence-corrected chi connectivity index (χ3v) is 3.38. The molecule has 1 unspecified atom stereocenters. The van der Waals surface area contributed by atoms with E-state index in [1.165, 1.54) is 25.3 Å². The van der Waals surface area contributed by atoms with Crippen molar-refractivity contribution in [3.63, 3.8) is 0 Å². The number of carbonyl (C=O) groups is 1. The highest BCUT2D eigenvalue weighted by Gasteiger charge is 2.18. The van der Waals surface area contributed by atoms with Crippen molar-refractivity contribution in [1.29, 1.82) is 0 Å². The van der Waals surface area contributed by atoms with Crippen LogP contribution >= 0.6 is 0 Å². The van der Waals surface area contributed by atoms with Gasteiger partial charge in [0.25, 0.3) is 0 Å². The van der Waals surface area contributed by atoms with Crippen molar-refractivity contribution in [3.05, 3.63) is 17.5 Å². The second-order valence-electron chi connectivity index (χ2n) is 4.74. The lowest BCUT2D eigenvalue weighted by Gasteiger charge is -2.32. The lowest BCUT2D eigenvalue weighted by atomic mass is 10.0. The highest BCUT2D eigenvalue weighted by Crippen LogP contribution is 2.14. The molecule has 6 nitrogen and oxygen atoms in total. The lowest BCUT2D eigenvalue weighted by Crippen LogP contribution is -2.42. The molecule has 2 N–H and O–H groups in total. The molecule has 1 fully saturated rings. The fraction of sp³-hybridized carbons (Fsp3) is 0.667. The minimum absolute atomic E-state index is 0.0402. The molecule has 100 valence electrons. The van der Waals surface area contributed by atoms with Crippen molar-refractivity contribution < 1.29 is 14.4 Å². The molecule has 0 radical (unpaired) electrons. The summed E-state index contributed by atoms with van der Waals surface area (Å²) in [5.74, 6) is -0.497. The molecule has 2 rings (SSSR count). The van der Waals surface area contributed by atoms with Crippen LogP contribution < -0.4 is 5.32 Å². The van der Waals surface area contributed by atoms with Crippen LogP contribution in [-0.4, -0.2) is 47.3 Å². The maximum atomic E-state index is 10.6. The summed E-state index contributed by atoms with van der Waals surface area (Å²) in [7, 11) is 2.14. The summed E-state index contributed by atoms with van der Waals surface area (Å²) >= 11 is 0.